The highest BCUT2D eigenvalue weighted by atomic mass is 32.2. The van der Waals surface area contributed by atoms with Crippen LogP contribution in [0.2, 0.25) is 0 Å². The lowest BCUT2D eigenvalue weighted by Gasteiger charge is -2.07. The fourth-order valence-electron chi connectivity index (χ4n) is 3.30. The maximum atomic E-state index is 12.7. The number of nitrogens with zero attached hydrogens (tertiary/aromatic N) is 3. The van der Waals surface area contributed by atoms with Crippen molar-refractivity contribution in [1.29, 1.82) is 0 Å². The Morgan fingerprint density at radius 1 is 1.15 bits per heavy atom. The number of carbonyl (C=O) groups is 3. The maximum Gasteiger partial charge on any atom is 0.348 e. The van der Waals surface area contributed by atoms with Crippen LogP contribution < -0.4 is 5.32 Å². The molecule has 3 rings (SSSR count). The number of amides is 1. The van der Waals surface area contributed by atoms with Gasteiger partial charge in [0.25, 0.3) is 0 Å². The van der Waals surface area contributed by atoms with Gasteiger partial charge in [-0.1, -0.05) is 25.1 Å². The first-order valence-electron chi connectivity index (χ1n) is 10.6. The van der Waals surface area contributed by atoms with E-state index in [0.29, 0.717) is 17.3 Å². The van der Waals surface area contributed by atoms with Crippen LogP contribution in [0.15, 0.2) is 16.6 Å². The van der Waals surface area contributed by atoms with Crippen molar-refractivity contribution in [2.45, 2.75) is 45.3 Å². The molecule has 0 unspecified atom stereocenters. The maximum absolute atomic E-state index is 12.7. The van der Waals surface area contributed by atoms with Gasteiger partial charge < -0.3 is 19.4 Å². The van der Waals surface area contributed by atoms with Gasteiger partial charge in [-0.15, -0.1) is 32.9 Å². The second-order valence-electron chi connectivity index (χ2n) is 7.18. The quantitative estimate of drug-likeness (QED) is 0.302. The van der Waals surface area contributed by atoms with E-state index in [1.165, 1.54) is 30.9 Å². The number of methoxy groups -OCH3 is 2. The fraction of sp³-hybridized carbons (Fsp3) is 0.409. The predicted octanol–water partition coefficient (Wildman–Crippen LogP) is 4.65. The molecule has 1 amide bonds. The minimum absolute atomic E-state index is 0.0496. The summed E-state index contributed by atoms with van der Waals surface area (Å²) >= 11 is 3.94. The Morgan fingerprint density at radius 3 is 2.53 bits per heavy atom. The zero-order valence-corrected chi connectivity index (χ0v) is 22.0. The van der Waals surface area contributed by atoms with Gasteiger partial charge in [0, 0.05) is 22.4 Å². The number of anilines is 1. The lowest BCUT2D eigenvalue weighted by atomic mass is 10.1. The van der Waals surface area contributed by atoms with Crippen molar-refractivity contribution in [1.82, 2.24) is 14.8 Å². The Kier molecular flexibility index (Phi) is 8.86. The third kappa shape index (κ3) is 5.50. The second-order valence-corrected chi connectivity index (χ2v) is 10.1. The Morgan fingerprint density at radius 2 is 1.88 bits per heavy atom. The highest BCUT2D eigenvalue weighted by Crippen LogP contribution is 2.34. The summed E-state index contributed by atoms with van der Waals surface area (Å²) in [5.74, 6) is -0.745. The molecule has 3 heterocycles. The van der Waals surface area contributed by atoms with Crippen molar-refractivity contribution in [2.24, 2.45) is 0 Å². The predicted molar refractivity (Wildman–Crippen MR) is 134 cm³/mol. The monoisotopic (exact) mass is 522 g/mol. The average molecular weight is 523 g/mol. The smallest absolute Gasteiger partial charge is 0.348 e. The normalized spacial score (nSPS) is 10.9. The first kappa shape index (κ1) is 25.9. The highest BCUT2D eigenvalue weighted by Gasteiger charge is 2.27. The summed E-state index contributed by atoms with van der Waals surface area (Å²) in [6, 6.07) is 2.14. The number of ether oxygens (including phenoxy) is 2. The zero-order chi connectivity index (χ0) is 24.8. The molecule has 0 aliphatic heterocycles. The summed E-state index contributed by atoms with van der Waals surface area (Å²) in [4.78, 5) is 38.5. The van der Waals surface area contributed by atoms with Crippen LogP contribution in [0, 0.1) is 6.92 Å². The minimum Gasteiger partial charge on any atom is -0.465 e. The number of hydrogen-bond donors (Lipinski definition) is 1. The molecule has 3 aromatic rings. The topological polar surface area (TPSA) is 112 Å². The van der Waals surface area contributed by atoms with Gasteiger partial charge in [-0.05, 0) is 31.9 Å². The number of nitrogens with one attached hydrogen (secondary N) is 1. The summed E-state index contributed by atoms with van der Waals surface area (Å²) in [6.45, 7) is 6.42. The van der Waals surface area contributed by atoms with Gasteiger partial charge in [-0.3, -0.25) is 4.79 Å². The van der Waals surface area contributed by atoms with E-state index in [9.17, 15) is 14.4 Å². The van der Waals surface area contributed by atoms with Gasteiger partial charge in [0.15, 0.2) is 11.0 Å². The van der Waals surface area contributed by atoms with Crippen molar-refractivity contribution in [3.05, 3.63) is 32.3 Å². The molecule has 12 heteroatoms. The summed E-state index contributed by atoms with van der Waals surface area (Å²) in [6.07, 6.45) is 2.11. The molecule has 0 spiro atoms. The van der Waals surface area contributed by atoms with E-state index in [4.69, 9.17) is 9.47 Å². The first-order valence-corrected chi connectivity index (χ1v) is 13.3. The molecule has 1 N–H and O–H groups in total. The summed E-state index contributed by atoms with van der Waals surface area (Å²) in [7, 11) is 2.50. The lowest BCUT2D eigenvalue weighted by molar-refractivity contribution is -0.113. The third-order valence-electron chi connectivity index (χ3n) is 4.93. The van der Waals surface area contributed by atoms with Crippen LogP contribution in [0.1, 0.15) is 50.7 Å². The number of thiophene rings is 2. The molecular weight excluding hydrogens is 496 g/mol. The van der Waals surface area contributed by atoms with Crippen molar-refractivity contribution in [3.63, 3.8) is 0 Å². The molecule has 0 aromatic carbocycles. The van der Waals surface area contributed by atoms with Crippen LogP contribution in [0.25, 0.3) is 11.4 Å². The van der Waals surface area contributed by atoms with Gasteiger partial charge in [-0.2, -0.15) is 0 Å². The molecule has 0 fully saturated rings. The van der Waals surface area contributed by atoms with Gasteiger partial charge in [0.1, 0.15) is 9.88 Å². The molecule has 9 nitrogen and oxygen atoms in total. The summed E-state index contributed by atoms with van der Waals surface area (Å²) in [5.41, 5.74) is 1.57. The fourth-order valence-corrected chi connectivity index (χ4v) is 6.20. The SMILES string of the molecule is CCCc1cc(-c2nnc(SCC(=O)Nc3sc(C(=O)OC)c(C)c3C(=O)OC)n2CC)cs1. The molecule has 0 saturated carbocycles. The molecule has 0 bridgehead atoms. The van der Waals surface area contributed by atoms with Crippen LogP contribution in [-0.2, 0) is 27.2 Å². The number of aromatic nitrogens is 3. The number of hydrogen-bond acceptors (Lipinski definition) is 10. The summed E-state index contributed by atoms with van der Waals surface area (Å²) < 4.78 is 11.6. The van der Waals surface area contributed by atoms with Crippen molar-refractivity contribution >= 4 is 57.3 Å². The van der Waals surface area contributed by atoms with Crippen LogP contribution in [0.5, 0.6) is 0 Å². The molecule has 3 aromatic heterocycles. The molecule has 0 saturated heterocycles. The molecule has 0 atom stereocenters. The van der Waals surface area contributed by atoms with E-state index in [0.717, 1.165) is 35.6 Å². The second kappa shape index (κ2) is 11.6. The Bertz CT molecular complexity index is 1200. The third-order valence-corrected chi connectivity index (χ3v) is 8.08. The van der Waals surface area contributed by atoms with Crippen LogP contribution in [0.4, 0.5) is 5.00 Å². The molecule has 34 heavy (non-hydrogen) atoms. The van der Waals surface area contributed by atoms with Gasteiger partial charge in [0.2, 0.25) is 5.91 Å². The highest BCUT2D eigenvalue weighted by molar-refractivity contribution is 7.99. The van der Waals surface area contributed by atoms with Crippen LogP contribution in [0.3, 0.4) is 0 Å². The Hall–Kier alpha value is -2.70. The largest absolute Gasteiger partial charge is 0.465 e. The van der Waals surface area contributed by atoms with Crippen molar-refractivity contribution in [2.75, 3.05) is 25.3 Å². The Labute approximate surface area is 209 Å². The lowest BCUT2D eigenvalue weighted by Crippen LogP contribution is -2.16. The first-order chi connectivity index (χ1) is 16.3. The van der Waals surface area contributed by atoms with Crippen molar-refractivity contribution < 1.29 is 23.9 Å². The van der Waals surface area contributed by atoms with E-state index in [-0.39, 0.29) is 27.1 Å². The van der Waals surface area contributed by atoms with E-state index < -0.39 is 11.9 Å². The number of rotatable bonds is 10. The van der Waals surface area contributed by atoms with E-state index in [1.807, 2.05) is 11.5 Å². The Balaban J connectivity index is 1.75. The molecule has 0 aliphatic rings. The number of thioether (sulfide) groups is 1. The van der Waals surface area contributed by atoms with Crippen molar-refractivity contribution in [3.8, 4) is 11.4 Å². The number of carbonyl (C=O) groups excluding carboxylic acids is 3. The van der Waals surface area contributed by atoms with Gasteiger partial charge in [-0.25, -0.2) is 9.59 Å². The molecular formula is C22H26N4O5S3. The van der Waals surface area contributed by atoms with Crippen LogP contribution in [-0.4, -0.2) is 52.6 Å². The average Bonchev–Trinajstić information content (AvgIpc) is 3.54. The van der Waals surface area contributed by atoms with E-state index >= 15 is 0 Å². The summed E-state index contributed by atoms with van der Waals surface area (Å²) in [5, 5.41) is 14.3. The van der Waals surface area contributed by atoms with Crippen LogP contribution >= 0.6 is 34.4 Å². The minimum atomic E-state index is -0.638. The van der Waals surface area contributed by atoms with E-state index in [1.54, 1.807) is 18.3 Å². The molecule has 182 valence electrons. The van der Waals surface area contributed by atoms with Gasteiger partial charge in [0.05, 0.1) is 25.5 Å². The van der Waals surface area contributed by atoms with E-state index in [2.05, 4.69) is 33.9 Å². The number of esters is 2. The molecule has 0 radical (unpaired) electrons. The van der Waals surface area contributed by atoms with Gasteiger partial charge >= 0.3 is 11.9 Å². The molecule has 0 aliphatic carbocycles. The zero-order valence-electron chi connectivity index (χ0n) is 19.6. The standard InChI is InChI=1S/C22H26N4O5S3/c1-6-8-14-9-13(10-32-14)18-24-25-22(26(18)7-2)33-11-15(27)23-19-16(20(28)30-4)12(3)17(34-19)21(29)31-5/h9-10H,6-8,11H2,1-5H3,(H,23,27). The number of aryl methyl sites for hydroxylation is 1.